The summed E-state index contributed by atoms with van der Waals surface area (Å²) in [6.07, 6.45) is 1.77. The molecule has 0 unspecified atom stereocenters. The standard InChI is InChI=1S/C14H16INO.C9H10O/c1-4-13-12(8-15)16-14(17-13)11-6-5-9(2)10(3)7-11;1-7-3-4-9(6-10)5-8(7)2/h5-7H,4,8H2,1-3H3;3-6H,1-2H3. The molecular formula is C23H26INO2. The topological polar surface area (TPSA) is 43.1 Å². The van der Waals surface area contributed by atoms with Gasteiger partial charge >= 0.3 is 0 Å². The molecule has 3 aromatic rings. The van der Waals surface area contributed by atoms with Crippen molar-refractivity contribution in [3.63, 3.8) is 0 Å². The third kappa shape index (κ3) is 5.51. The molecule has 0 bridgehead atoms. The number of oxazole rings is 1. The number of halogens is 1. The van der Waals surface area contributed by atoms with E-state index in [0.717, 1.165) is 45.6 Å². The highest BCUT2D eigenvalue weighted by Gasteiger charge is 2.12. The quantitative estimate of drug-likeness (QED) is 0.244. The van der Waals surface area contributed by atoms with Crippen LogP contribution in [0.3, 0.4) is 0 Å². The highest BCUT2D eigenvalue weighted by Crippen LogP contribution is 2.25. The summed E-state index contributed by atoms with van der Waals surface area (Å²) >= 11 is 2.32. The molecular weight excluding hydrogens is 449 g/mol. The Morgan fingerprint density at radius 1 is 0.963 bits per heavy atom. The number of carbonyl (C=O) groups is 1. The number of aldehydes is 1. The van der Waals surface area contributed by atoms with Gasteiger partial charge in [-0.15, -0.1) is 0 Å². The van der Waals surface area contributed by atoms with Gasteiger partial charge in [-0.3, -0.25) is 4.79 Å². The zero-order valence-corrected chi connectivity index (χ0v) is 18.8. The lowest BCUT2D eigenvalue weighted by Crippen LogP contribution is -1.85. The van der Waals surface area contributed by atoms with Crippen LogP contribution in [0.5, 0.6) is 0 Å². The van der Waals surface area contributed by atoms with Gasteiger partial charge in [0.25, 0.3) is 0 Å². The lowest BCUT2D eigenvalue weighted by atomic mass is 10.1. The number of benzene rings is 2. The molecule has 2 aromatic carbocycles. The maximum absolute atomic E-state index is 10.3. The van der Waals surface area contributed by atoms with E-state index >= 15 is 0 Å². The van der Waals surface area contributed by atoms with Crippen LogP contribution < -0.4 is 0 Å². The van der Waals surface area contributed by atoms with Crippen LogP contribution in [0.15, 0.2) is 40.8 Å². The van der Waals surface area contributed by atoms with Gasteiger partial charge < -0.3 is 4.42 Å². The van der Waals surface area contributed by atoms with Gasteiger partial charge in [0.2, 0.25) is 5.89 Å². The molecule has 0 aliphatic heterocycles. The summed E-state index contributed by atoms with van der Waals surface area (Å²) in [5.74, 6) is 1.75. The lowest BCUT2D eigenvalue weighted by Gasteiger charge is -2.01. The number of aryl methyl sites for hydroxylation is 5. The number of rotatable bonds is 4. The van der Waals surface area contributed by atoms with Gasteiger partial charge in [-0.25, -0.2) is 4.98 Å². The number of hydrogen-bond acceptors (Lipinski definition) is 3. The minimum atomic E-state index is 0.747. The van der Waals surface area contributed by atoms with E-state index in [9.17, 15) is 4.79 Å². The Hall–Kier alpha value is -1.95. The molecule has 1 aromatic heterocycles. The largest absolute Gasteiger partial charge is 0.441 e. The Morgan fingerprint density at radius 2 is 1.59 bits per heavy atom. The van der Waals surface area contributed by atoms with Crippen molar-refractivity contribution in [3.05, 3.63) is 75.7 Å². The fraction of sp³-hybridized carbons (Fsp3) is 0.304. The number of carbonyl (C=O) groups excluding carboxylic acids is 1. The van der Waals surface area contributed by atoms with Crippen molar-refractivity contribution in [2.45, 2.75) is 45.5 Å². The van der Waals surface area contributed by atoms with Crippen molar-refractivity contribution in [2.24, 2.45) is 0 Å². The van der Waals surface area contributed by atoms with Crippen molar-refractivity contribution in [1.82, 2.24) is 4.98 Å². The monoisotopic (exact) mass is 475 g/mol. The van der Waals surface area contributed by atoms with Gasteiger partial charge in [-0.1, -0.05) is 47.7 Å². The summed E-state index contributed by atoms with van der Waals surface area (Å²) in [6.45, 7) is 10.4. The molecule has 0 saturated heterocycles. The Morgan fingerprint density at radius 3 is 2.07 bits per heavy atom. The molecule has 0 atom stereocenters. The molecule has 0 radical (unpaired) electrons. The zero-order valence-electron chi connectivity index (χ0n) is 16.6. The summed E-state index contributed by atoms with van der Waals surface area (Å²) in [5, 5.41) is 0. The van der Waals surface area contributed by atoms with Crippen LogP contribution in [0.25, 0.3) is 11.5 Å². The van der Waals surface area contributed by atoms with Crippen LogP contribution in [0.2, 0.25) is 0 Å². The Bertz CT molecular complexity index is 907. The lowest BCUT2D eigenvalue weighted by molar-refractivity contribution is 0.112. The molecule has 0 aliphatic rings. The summed E-state index contributed by atoms with van der Waals surface area (Å²) in [7, 11) is 0. The molecule has 0 saturated carbocycles. The fourth-order valence-electron chi connectivity index (χ4n) is 2.60. The molecule has 3 nitrogen and oxygen atoms in total. The van der Waals surface area contributed by atoms with Gasteiger partial charge in [-0.05, 0) is 68.1 Å². The molecule has 0 amide bonds. The highest BCUT2D eigenvalue weighted by molar-refractivity contribution is 14.1. The smallest absolute Gasteiger partial charge is 0.226 e. The highest BCUT2D eigenvalue weighted by atomic mass is 127. The summed E-state index contributed by atoms with van der Waals surface area (Å²) in [5.41, 5.74) is 7.86. The molecule has 4 heteroatoms. The summed E-state index contributed by atoms with van der Waals surface area (Å²) in [6, 6.07) is 12.0. The first kappa shape index (κ1) is 21.4. The van der Waals surface area contributed by atoms with Crippen LogP contribution in [0.1, 0.15) is 51.0 Å². The van der Waals surface area contributed by atoms with E-state index in [1.807, 2.05) is 32.0 Å². The average molecular weight is 475 g/mol. The van der Waals surface area contributed by atoms with Crippen LogP contribution in [-0.2, 0) is 10.8 Å². The minimum Gasteiger partial charge on any atom is -0.441 e. The van der Waals surface area contributed by atoms with E-state index in [-0.39, 0.29) is 0 Å². The van der Waals surface area contributed by atoms with E-state index in [0.29, 0.717) is 0 Å². The van der Waals surface area contributed by atoms with Crippen LogP contribution in [0, 0.1) is 27.7 Å². The maximum atomic E-state index is 10.3. The van der Waals surface area contributed by atoms with Gasteiger partial charge in [0.1, 0.15) is 12.0 Å². The Balaban J connectivity index is 0.000000223. The average Bonchev–Trinajstić information content (AvgIpc) is 3.10. The van der Waals surface area contributed by atoms with E-state index in [2.05, 4.69) is 66.5 Å². The second-order valence-corrected chi connectivity index (χ2v) is 7.40. The van der Waals surface area contributed by atoms with Crippen LogP contribution >= 0.6 is 22.6 Å². The van der Waals surface area contributed by atoms with E-state index < -0.39 is 0 Å². The molecule has 1 heterocycles. The van der Waals surface area contributed by atoms with Gasteiger partial charge in [0.05, 0.1) is 5.69 Å². The first-order valence-corrected chi connectivity index (χ1v) is 10.6. The van der Waals surface area contributed by atoms with Crippen molar-refractivity contribution in [3.8, 4) is 11.5 Å². The van der Waals surface area contributed by atoms with Crippen molar-refractivity contribution in [1.29, 1.82) is 0 Å². The normalized spacial score (nSPS) is 10.3. The molecule has 27 heavy (non-hydrogen) atoms. The zero-order chi connectivity index (χ0) is 20.0. The molecule has 0 N–H and O–H groups in total. The van der Waals surface area contributed by atoms with Crippen molar-refractivity contribution >= 4 is 28.9 Å². The second-order valence-electron chi connectivity index (χ2n) is 6.64. The molecule has 3 rings (SSSR count). The van der Waals surface area contributed by atoms with Crippen LogP contribution in [-0.4, -0.2) is 11.3 Å². The van der Waals surface area contributed by atoms with Gasteiger partial charge in [0, 0.05) is 22.0 Å². The first-order valence-electron chi connectivity index (χ1n) is 9.04. The minimum absolute atomic E-state index is 0.747. The second kappa shape index (κ2) is 9.83. The van der Waals surface area contributed by atoms with Gasteiger partial charge in [0.15, 0.2) is 0 Å². The third-order valence-corrected chi connectivity index (χ3v) is 5.37. The number of alkyl halides is 1. The Labute approximate surface area is 175 Å². The van der Waals surface area contributed by atoms with E-state index in [4.69, 9.17) is 4.42 Å². The molecule has 0 fully saturated rings. The summed E-state index contributed by atoms with van der Waals surface area (Å²) in [4.78, 5) is 14.8. The maximum Gasteiger partial charge on any atom is 0.226 e. The number of aromatic nitrogens is 1. The number of nitrogens with zero attached hydrogens (tertiary/aromatic N) is 1. The van der Waals surface area contributed by atoms with Crippen molar-refractivity contribution < 1.29 is 9.21 Å². The fourth-order valence-corrected chi connectivity index (χ4v) is 3.20. The molecule has 0 spiro atoms. The SMILES string of the molecule is CCc1oc(-c2ccc(C)c(C)c2)nc1CI.Cc1ccc(C=O)cc1C. The predicted molar refractivity (Wildman–Crippen MR) is 120 cm³/mol. The molecule has 142 valence electrons. The number of hydrogen-bond donors (Lipinski definition) is 0. The van der Waals surface area contributed by atoms with Crippen molar-refractivity contribution in [2.75, 3.05) is 0 Å². The third-order valence-electron chi connectivity index (χ3n) is 4.65. The first-order chi connectivity index (χ1) is 12.9. The summed E-state index contributed by atoms with van der Waals surface area (Å²) < 4.78 is 6.72. The molecule has 0 aliphatic carbocycles. The Kier molecular flexibility index (Phi) is 7.78. The van der Waals surface area contributed by atoms with E-state index in [1.165, 1.54) is 22.3 Å². The predicted octanol–water partition coefficient (Wildman–Crippen LogP) is 6.57. The van der Waals surface area contributed by atoms with E-state index in [1.54, 1.807) is 0 Å². The van der Waals surface area contributed by atoms with Gasteiger partial charge in [-0.2, -0.15) is 0 Å². The van der Waals surface area contributed by atoms with Crippen LogP contribution in [0.4, 0.5) is 0 Å².